The molecule has 0 saturated carbocycles. The third-order valence-electron chi connectivity index (χ3n) is 7.17. The quantitative estimate of drug-likeness (QED) is 0.542. The number of carbonyl (C=O) groups excluding carboxylic acids is 2. The molecule has 0 bridgehead atoms. The van der Waals surface area contributed by atoms with Gasteiger partial charge in [0, 0.05) is 35.8 Å². The molecule has 2 amide bonds. The van der Waals surface area contributed by atoms with Crippen LogP contribution in [0.2, 0.25) is 0 Å². The Hall–Kier alpha value is -3.94. The number of likely N-dealkylation sites (tertiary alicyclic amines) is 1. The molecule has 2 aliphatic rings. The Balaban J connectivity index is 1.34. The van der Waals surface area contributed by atoms with Crippen molar-refractivity contribution in [3.8, 4) is 11.5 Å². The van der Waals surface area contributed by atoms with Gasteiger partial charge < -0.3 is 14.4 Å². The second-order valence-corrected chi connectivity index (χ2v) is 9.69. The number of piperidine rings is 1. The fraction of sp³-hybridized carbons (Fsp3) is 0.357. The van der Waals surface area contributed by atoms with Crippen LogP contribution in [0, 0.1) is 5.41 Å². The first-order valence-corrected chi connectivity index (χ1v) is 12.1. The zero-order chi connectivity index (χ0) is 25.4. The Bertz CT molecular complexity index is 1350. The van der Waals surface area contributed by atoms with E-state index in [0.29, 0.717) is 48.7 Å². The molecule has 36 heavy (non-hydrogen) atoms. The molecule has 3 aromatic rings. The van der Waals surface area contributed by atoms with Crippen molar-refractivity contribution in [3.05, 3.63) is 65.9 Å². The SMILES string of the molecule is COc1ccc(C2=NN(C3CCN(C(=O)c4cccc5ncccc45)CC3)C(=O)C2(C)C)cc1OC. The number of pyridine rings is 1. The highest BCUT2D eigenvalue weighted by atomic mass is 16.5. The van der Waals surface area contributed by atoms with Crippen molar-refractivity contribution in [1.29, 1.82) is 0 Å². The zero-order valence-corrected chi connectivity index (χ0v) is 21.0. The van der Waals surface area contributed by atoms with Crippen molar-refractivity contribution in [1.82, 2.24) is 14.9 Å². The molecule has 5 rings (SSSR count). The van der Waals surface area contributed by atoms with Gasteiger partial charge in [0.05, 0.1) is 36.9 Å². The Labute approximate surface area is 210 Å². The first kappa shape index (κ1) is 23.8. The van der Waals surface area contributed by atoms with Gasteiger partial charge in [-0.2, -0.15) is 5.10 Å². The number of methoxy groups -OCH3 is 2. The first-order valence-electron chi connectivity index (χ1n) is 12.1. The standard InChI is InChI=1S/C28H30N4O4/c1-28(2)25(18-10-11-23(35-3)24(17-18)36-4)30-32(27(28)34)19-12-15-31(16-13-19)26(33)21-7-5-9-22-20(21)8-6-14-29-22/h5-11,14,17,19H,12-13,15-16H2,1-4H3. The van der Waals surface area contributed by atoms with Gasteiger partial charge in [-0.05, 0) is 63.1 Å². The van der Waals surface area contributed by atoms with Gasteiger partial charge in [-0.15, -0.1) is 0 Å². The summed E-state index contributed by atoms with van der Waals surface area (Å²) in [5, 5.41) is 7.30. The molecule has 0 N–H and O–H groups in total. The van der Waals surface area contributed by atoms with E-state index in [2.05, 4.69) is 4.98 Å². The largest absolute Gasteiger partial charge is 0.493 e. The normalized spacial score (nSPS) is 17.9. The summed E-state index contributed by atoms with van der Waals surface area (Å²) < 4.78 is 10.8. The van der Waals surface area contributed by atoms with Crippen molar-refractivity contribution in [2.45, 2.75) is 32.7 Å². The number of aromatic nitrogens is 1. The molecule has 0 atom stereocenters. The molecule has 0 unspecified atom stereocenters. The monoisotopic (exact) mass is 486 g/mol. The number of ether oxygens (including phenoxy) is 2. The van der Waals surface area contributed by atoms with E-state index in [1.54, 1.807) is 25.4 Å². The molecule has 8 nitrogen and oxygen atoms in total. The fourth-order valence-electron chi connectivity index (χ4n) is 5.09. The van der Waals surface area contributed by atoms with Crippen molar-refractivity contribution >= 4 is 28.4 Å². The topological polar surface area (TPSA) is 84.3 Å². The van der Waals surface area contributed by atoms with Crippen LogP contribution in [0.5, 0.6) is 11.5 Å². The fourth-order valence-corrected chi connectivity index (χ4v) is 5.09. The lowest BCUT2D eigenvalue weighted by Gasteiger charge is -2.35. The molecule has 0 aliphatic carbocycles. The van der Waals surface area contributed by atoms with Crippen LogP contribution in [0.3, 0.4) is 0 Å². The van der Waals surface area contributed by atoms with Crippen LogP contribution >= 0.6 is 0 Å². The van der Waals surface area contributed by atoms with E-state index in [-0.39, 0.29) is 17.9 Å². The Morgan fingerprint density at radius 2 is 1.75 bits per heavy atom. The summed E-state index contributed by atoms with van der Waals surface area (Å²) in [6.45, 7) is 4.92. The van der Waals surface area contributed by atoms with Crippen LogP contribution in [-0.4, -0.2) is 65.8 Å². The first-order chi connectivity index (χ1) is 17.3. The maximum absolute atomic E-state index is 13.4. The predicted octanol–water partition coefficient (Wildman–Crippen LogP) is 4.13. The van der Waals surface area contributed by atoms with Crippen LogP contribution < -0.4 is 9.47 Å². The summed E-state index contributed by atoms with van der Waals surface area (Å²) in [7, 11) is 3.18. The van der Waals surface area contributed by atoms with E-state index in [1.807, 2.05) is 67.3 Å². The number of hydrazone groups is 1. The van der Waals surface area contributed by atoms with Gasteiger partial charge in [-0.25, -0.2) is 5.01 Å². The molecule has 8 heteroatoms. The van der Waals surface area contributed by atoms with Crippen LogP contribution in [0.25, 0.3) is 10.9 Å². The number of nitrogens with zero attached hydrogens (tertiary/aromatic N) is 4. The van der Waals surface area contributed by atoms with E-state index >= 15 is 0 Å². The highest BCUT2D eigenvalue weighted by Gasteiger charge is 2.47. The zero-order valence-electron chi connectivity index (χ0n) is 21.0. The van der Waals surface area contributed by atoms with Crippen molar-refractivity contribution < 1.29 is 19.1 Å². The van der Waals surface area contributed by atoms with Crippen LogP contribution in [0.1, 0.15) is 42.6 Å². The van der Waals surface area contributed by atoms with Crippen molar-refractivity contribution in [2.24, 2.45) is 10.5 Å². The van der Waals surface area contributed by atoms with E-state index in [0.717, 1.165) is 16.5 Å². The van der Waals surface area contributed by atoms with E-state index < -0.39 is 5.41 Å². The number of hydrogen-bond donors (Lipinski definition) is 0. The molecule has 2 aliphatic heterocycles. The summed E-state index contributed by atoms with van der Waals surface area (Å²) >= 11 is 0. The molecule has 1 fully saturated rings. The highest BCUT2D eigenvalue weighted by Crippen LogP contribution is 2.37. The molecule has 2 aromatic carbocycles. The lowest BCUT2D eigenvalue weighted by atomic mass is 9.83. The van der Waals surface area contributed by atoms with Gasteiger partial charge in [0.1, 0.15) is 0 Å². The predicted molar refractivity (Wildman–Crippen MR) is 137 cm³/mol. The average Bonchev–Trinajstić information content (AvgIpc) is 3.16. The summed E-state index contributed by atoms with van der Waals surface area (Å²) in [6, 6.07) is 14.9. The molecule has 0 radical (unpaired) electrons. The second-order valence-electron chi connectivity index (χ2n) is 9.69. The van der Waals surface area contributed by atoms with E-state index in [1.165, 1.54) is 0 Å². The van der Waals surface area contributed by atoms with Gasteiger partial charge in [0.15, 0.2) is 11.5 Å². The summed E-state index contributed by atoms with van der Waals surface area (Å²) in [6.07, 6.45) is 3.06. The van der Waals surface area contributed by atoms with Gasteiger partial charge in [-0.3, -0.25) is 14.6 Å². The summed E-state index contributed by atoms with van der Waals surface area (Å²) in [5.74, 6) is 1.18. The number of fused-ring (bicyclic) bond motifs is 1. The Morgan fingerprint density at radius 1 is 1.00 bits per heavy atom. The van der Waals surface area contributed by atoms with Gasteiger partial charge in [0.2, 0.25) is 0 Å². The summed E-state index contributed by atoms with van der Waals surface area (Å²) in [5.41, 5.74) is 2.22. The Kier molecular flexibility index (Phi) is 6.12. The van der Waals surface area contributed by atoms with Crippen LogP contribution in [-0.2, 0) is 4.79 Å². The number of amides is 2. The number of benzene rings is 2. The lowest BCUT2D eigenvalue weighted by molar-refractivity contribution is -0.137. The molecule has 3 heterocycles. The smallest absolute Gasteiger partial charge is 0.254 e. The highest BCUT2D eigenvalue weighted by molar-refractivity contribution is 6.19. The summed E-state index contributed by atoms with van der Waals surface area (Å²) in [4.78, 5) is 33.0. The van der Waals surface area contributed by atoms with Crippen LogP contribution in [0.15, 0.2) is 59.8 Å². The maximum Gasteiger partial charge on any atom is 0.254 e. The second kappa shape index (κ2) is 9.26. The van der Waals surface area contributed by atoms with Crippen molar-refractivity contribution in [2.75, 3.05) is 27.3 Å². The number of carbonyl (C=O) groups is 2. The number of rotatable bonds is 5. The lowest BCUT2D eigenvalue weighted by Crippen LogP contribution is -2.47. The minimum Gasteiger partial charge on any atom is -0.493 e. The molecule has 1 saturated heterocycles. The van der Waals surface area contributed by atoms with E-state index in [9.17, 15) is 9.59 Å². The maximum atomic E-state index is 13.4. The molecule has 0 spiro atoms. The van der Waals surface area contributed by atoms with Gasteiger partial charge in [0.25, 0.3) is 11.8 Å². The van der Waals surface area contributed by atoms with Crippen LogP contribution in [0.4, 0.5) is 0 Å². The Morgan fingerprint density at radius 3 is 2.47 bits per heavy atom. The van der Waals surface area contributed by atoms with Gasteiger partial charge in [-0.1, -0.05) is 12.1 Å². The molecule has 186 valence electrons. The third-order valence-corrected chi connectivity index (χ3v) is 7.17. The third kappa shape index (κ3) is 3.96. The van der Waals surface area contributed by atoms with Gasteiger partial charge >= 0.3 is 0 Å². The molecular weight excluding hydrogens is 456 g/mol. The minimum absolute atomic E-state index is 0.00496. The van der Waals surface area contributed by atoms with Crippen molar-refractivity contribution in [3.63, 3.8) is 0 Å². The molecular formula is C28H30N4O4. The number of hydrogen-bond acceptors (Lipinski definition) is 6. The average molecular weight is 487 g/mol. The van der Waals surface area contributed by atoms with E-state index in [4.69, 9.17) is 14.6 Å². The minimum atomic E-state index is -0.775. The molecule has 1 aromatic heterocycles.